The molecule has 1 aliphatic rings. The number of nitrogens with one attached hydrogen (secondary N) is 2. The highest BCUT2D eigenvalue weighted by molar-refractivity contribution is 5.65. The molecule has 2 atom stereocenters. The number of carboxylic acid groups (broad SMARTS) is 1. The van der Waals surface area contributed by atoms with Crippen LogP contribution in [0.25, 0.3) is 0 Å². The van der Waals surface area contributed by atoms with Crippen LogP contribution in [0.2, 0.25) is 0 Å². The third-order valence-corrected chi connectivity index (χ3v) is 3.95. The molecule has 20 heavy (non-hydrogen) atoms. The van der Waals surface area contributed by atoms with Gasteiger partial charge in [0.1, 0.15) is 0 Å². The predicted octanol–water partition coefficient (Wildman–Crippen LogP) is 2.05. The lowest BCUT2D eigenvalue weighted by atomic mass is 9.87. The Hall–Kier alpha value is -1.59. The van der Waals surface area contributed by atoms with Crippen molar-refractivity contribution in [2.24, 2.45) is 5.92 Å². The smallest absolute Gasteiger partial charge is 0.405 e. The van der Waals surface area contributed by atoms with E-state index in [0.29, 0.717) is 5.92 Å². The van der Waals surface area contributed by atoms with Gasteiger partial charge < -0.3 is 20.8 Å². The predicted molar refractivity (Wildman–Crippen MR) is 76.6 cm³/mol. The van der Waals surface area contributed by atoms with Crippen molar-refractivity contribution in [3.05, 3.63) is 35.4 Å². The Morgan fingerprint density at radius 2 is 1.80 bits per heavy atom. The number of benzene rings is 1. The molecule has 0 bridgehead atoms. The summed E-state index contributed by atoms with van der Waals surface area (Å²) in [5.74, 6) is 0.302. The number of carbonyl (C=O) groups is 1. The summed E-state index contributed by atoms with van der Waals surface area (Å²) in [5, 5.41) is 24.8. The van der Waals surface area contributed by atoms with Gasteiger partial charge in [0, 0.05) is 0 Å². The highest BCUT2D eigenvalue weighted by Crippen LogP contribution is 2.29. The SMILES string of the molecule is C[C@H](NC(=O)O)c1ccc(C(O)C2CCNCC2)cc1. The van der Waals surface area contributed by atoms with E-state index in [2.05, 4.69) is 10.6 Å². The topological polar surface area (TPSA) is 81.6 Å². The van der Waals surface area contributed by atoms with Gasteiger partial charge in [-0.1, -0.05) is 24.3 Å². The third-order valence-electron chi connectivity index (χ3n) is 3.95. The Morgan fingerprint density at radius 1 is 1.25 bits per heavy atom. The molecule has 1 aliphatic heterocycles. The van der Waals surface area contributed by atoms with Gasteiger partial charge >= 0.3 is 6.09 Å². The molecule has 5 nitrogen and oxygen atoms in total. The van der Waals surface area contributed by atoms with Crippen molar-refractivity contribution >= 4 is 6.09 Å². The minimum atomic E-state index is -1.03. The van der Waals surface area contributed by atoms with E-state index >= 15 is 0 Å². The van der Waals surface area contributed by atoms with Crippen LogP contribution in [0.4, 0.5) is 4.79 Å². The number of hydrogen-bond acceptors (Lipinski definition) is 3. The largest absolute Gasteiger partial charge is 0.465 e. The molecule has 1 aromatic carbocycles. The van der Waals surface area contributed by atoms with E-state index in [4.69, 9.17) is 5.11 Å². The third kappa shape index (κ3) is 3.71. The van der Waals surface area contributed by atoms with Gasteiger partial charge in [0.05, 0.1) is 12.1 Å². The maximum absolute atomic E-state index is 10.6. The molecule has 4 N–H and O–H groups in total. The van der Waals surface area contributed by atoms with E-state index in [0.717, 1.165) is 37.1 Å². The first-order chi connectivity index (χ1) is 9.58. The summed E-state index contributed by atoms with van der Waals surface area (Å²) in [5.41, 5.74) is 1.80. The van der Waals surface area contributed by atoms with Crippen LogP contribution in [0.15, 0.2) is 24.3 Å². The monoisotopic (exact) mass is 278 g/mol. The van der Waals surface area contributed by atoms with Crippen LogP contribution in [0.1, 0.15) is 43.0 Å². The second-order valence-corrected chi connectivity index (χ2v) is 5.37. The van der Waals surface area contributed by atoms with E-state index in [1.165, 1.54) is 0 Å². The fourth-order valence-electron chi connectivity index (χ4n) is 2.68. The van der Waals surface area contributed by atoms with E-state index in [9.17, 15) is 9.90 Å². The van der Waals surface area contributed by atoms with Gasteiger partial charge in [0.25, 0.3) is 0 Å². The second-order valence-electron chi connectivity index (χ2n) is 5.37. The zero-order valence-electron chi connectivity index (χ0n) is 11.7. The summed E-state index contributed by atoms with van der Waals surface area (Å²) >= 11 is 0. The molecule has 0 aromatic heterocycles. The van der Waals surface area contributed by atoms with Crippen LogP contribution >= 0.6 is 0 Å². The molecule has 1 heterocycles. The molecule has 110 valence electrons. The van der Waals surface area contributed by atoms with Gasteiger partial charge in [-0.3, -0.25) is 0 Å². The molecule has 0 aliphatic carbocycles. The van der Waals surface area contributed by atoms with Gasteiger partial charge in [-0.2, -0.15) is 0 Å². The zero-order valence-corrected chi connectivity index (χ0v) is 11.7. The average Bonchev–Trinajstić information content (AvgIpc) is 2.47. The maximum Gasteiger partial charge on any atom is 0.405 e. The minimum Gasteiger partial charge on any atom is -0.465 e. The molecule has 5 heteroatoms. The van der Waals surface area contributed by atoms with Crippen molar-refractivity contribution in [1.82, 2.24) is 10.6 Å². The maximum atomic E-state index is 10.6. The van der Waals surface area contributed by atoms with E-state index in [-0.39, 0.29) is 6.04 Å². The van der Waals surface area contributed by atoms with Crippen molar-refractivity contribution < 1.29 is 15.0 Å². The molecular formula is C15H22N2O3. The summed E-state index contributed by atoms with van der Waals surface area (Å²) in [6.45, 7) is 3.71. The number of amides is 1. The number of aliphatic hydroxyl groups is 1. The molecule has 1 amide bonds. The van der Waals surface area contributed by atoms with Crippen molar-refractivity contribution in [3.63, 3.8) is 0 Å². The minimum absolute atomic E-state index is 0.252. The first-order valence-electron chi connectivity index (χ1n) is 7.06. The van der Waals surface area contributed by atoms with Crippen LogP contribution in [0, 0.1) is 5.92 Å². The summed E-state index contributed by atoms with van der Waals surface area (Å²) in [4.78, 5) is 10.6. The molecule has 1 fully saturated rings. The van der Waals surface area contributed by atoms with E-state index < -0.39 is 12.2 Å². The molecule has 0 radical (unpaired) electrons. The molecular weight excluding hydrogens is 256 g/mol. The van der Waals surface area contributed by atoms with Gasteiger partial charge in [-0.25, -0.2) is 4.79 Å². The zero-order chi connectivity index (χ0) is 14.5. The van der Waals surface area contributed by atoms with Crippen LogP contribution in [-0.2, 0) is 0 Å². The van der Waals surface area contributed by atoms with Gasteiger partial charge in [0.15, 0.2) is 0 Å². The second kappa shape index (κ2) is 6.72. The number of hydrogen-bond donors (Lipinski definition) is 4. The standard InChI is InChI=1S/C15H22N2O3/c1-10(17-15(19)20)11-2-4-12(5-3-11)14(18)13-6-8-16-9-7-13/h2-5,10,13-14,16-18H,6-9H2,1H3,(H,19,20)/t10-,14?/m0/s1. The molecule has 1 aromatic rings. The number of aliphatic hydroxyl groups excluding tert-OH is 1. The highest BCUT2D eigenvalue weighted by atomic mass is 16.4. The Balaban J connectivity index is 2.01. The Labute approximate surface area is 119 Å². The van der Waals surface area contributed by atoms with Crippen LogP contribution in [0.5, 0.6) is 0 Å². The molecule has 1 unspecified atom stereocenters. The Kier molecular flexibility index (Phi) is 4.98. The van der Waals surface area contributed by atoms with Gasteiger partial charge in [0.2, 0.25) is 0 Å². The van der Waals surface area contributed by atoms with E-state index in [1.54, 1.807) is 6.92 Å². The summed E-state index contributed by atoms with van der Waals surface area (Å²) in [6.07, 6.45) is 0.505. The normalized spacial score (nSPS) is 19.3. The van der Waals surface area contributed by atoms with Crippen LogP contribution in [-0.4, -0.2) is 29.4 Å². The first kappa shape index (κ1) is 14.8. The summed E-state index contributed by atoms with van der Waals surface area (Å²) < 4.78 is 0. The Bertz CT molecular complexity index is 441. The Morgan fingerprint density at radius 3 is 2.35 bits per heavy atom. The van der Waals surface area contributed by atoms with E-state index in [1.807, 2.05) is 24.3 Å². The van der Waals surface area contributed by atoms with Crippen molar-refractivity contribution in [2.45, 2.75) is 31.9 Å². The first-order valence-corrected chi connectivity index (χ1v) is 7.06. The van der Waals surface area contributed by atoms with Crippen molar-refractivity contribution in [3.8, 4) is 0 Å². The molecule has 0 saturated carbocycles. The summed E-state index contributed by atoms with van der Waals surface area (Å²) in [7, 11) is 0. The quantitative estimate of drug-likeness (QED) is 0.679. The summed E-state index contributed by atoms with van der Waals surface area (Å²) in [6, 6.07) is 7.28. The fraction of sp³-hybridized carbons (Fsp3) is 0.533. The van der Waals surface area contributed by atoms with Crippen molar-refractivity contribution in [2.75, 3.05) is 13.1 Å². The van der Waals surface area contributed by atoms with Gasteiger partial charge in [-0.05, 0) is 49.9 Å². The molecule has 1 saturated heterocycles. The lowest BCUT2D eigenvalue weighted by molar-refractivity contribution is 0.0889. The number of rotatable bonds is 4. The fourth-order valence-corrected chi connectivity index (χ4v) is 2.68. The lowest BCUT2D eigenvalue weighted by Crippen LogP contribution is -2.30. The van der Waals surface area contributed by atoms with Crippen LogP contribution in [0.3, 0.4) is 0 Å². The lowest BCUT2D eigenvalue weighted by Gasteiger charge is -2.27. The molecule has 2 rings (SSSR count). The average molecular weight is 278 g/mol. The van der Waals surface area contributed by atoms with Crippen molar-refractivity contribution in [1.29, 1.82) is 0 Å². The van der Waals surface area contributed by atoms with Crippen LogP contribution < -0.4 is 10.6 Å². The highest BCUT2D eigenvalue weighted by Gasteiger charge is 2.22. The van der Waals surface area contributed by atoms with Gasteiger partial charge in [-0.15, -0.1) is 0 Å². The molecule has 0 spiro atoms. The number of piperidine rings is 1.